The summed E-state index contributed by atoms with van der Waals surface area (Å²) < 4.78 is 0. The fourth-order valence-electron chi connectivity index (χ4n) is 0.111. The summed E-state index contributed by atoms with van der Waals surface area (Å²) in [7, 11) is 0. The van der Waals surface area contributed by atoms with Crippen LogP contribution in [0.15, 0.2) is 5.10 Å². The molecule has 0 unspecified atom stereocenters. The molecular weight excluding hydrogens is 96.1 g/mol. The van der Waals surface area contributed by atoms with Gasteiger partial charge in [0.05, 0.1) is 4.99 Å². The van der Waals surface area contributed by atoms with Gasteiger partial charge in [0.1, 0.15) is 0 Å². The van der Waals surface area contributed by atoms with E-state index in [4.69, 9.17) is 0 Å². The van der Waals surface area contributed by atoms with Gasteiger partial charge in [-0.3, -0.25) is 5.43 Å². The molecule has 0 aliphatic heterocycles. The van der Waals surface area contributed by atoms with E-state index in [1.807, 2.05) is 0 Å². The summed E-state index contributed by atoms with van der Waals surface area (Å²) in [5.41, 5.74) is 2.45. The molecule has 6 heavy (non-hydrogen) atoms. The molecular formula is C3H6N2S. The van der Waals surface area contributed by atoms with Crippen LogP contribution >= 0.6 is 12.2 Å². The average Bonchev–Trinajstić information content (AvgIpc) is 1.35. The second-order valence-electron chi connectivity index (χ2n) is 0.826. The Morgan fingerprint density at radius 2 is 2.50 bits per heavy atom. The normalized spacial score (nSPS) is 6.83. The Morgan fingerprint density at radius 1 is 2.00 bits per heavy atom. The second-order valence-corrected chi connectivity index (χ2v) is 1.44. The lowest BCUT2D eigenvalue weighted by Gasteiger charge is -1.86. The average molecular weight is 102 g/mol. The van der Waals surface area contributed by atoms with Crippen LogP contribution in [0.25, 0.3) is 0 Å². The second kappa shape index (κ2) is 2.78. The maximum Gasteiger partial charge on any atom is 0.0930 e. The molecule has 0 saturated carbocycles. The van der Waals surface area contributed by atoms with Gasteiger partial charge in [-0.15, -0.1) is 0 Å². The molecule has 0 radical (unpaired) electrons. The lowest BCUT2D eigenvalue weighted by atomic mass is 10.8. The van der Waals surface area contributed by atoms with Gasteiger partial charge in [-0.1, -0.05) is 12.2 Å². The number of hydrazone groups is 1. The Labute approximate surface area is 42.2 Å². The maximum absolute atomic E-state index is 4.55. The highest BCUT2D eigenvalue weighted by atomic mass is 32.1. The highest BCUT2D eigenvalue weighted by molar-refractivity contribution is 7.80. The van der Waals surface area contributed by atoms with E-state index < -0.39 is 0 Å². The van der Waals surface area contributed by atoms with Crippen molar-refractivity contribution in [2.45, 2.75) is 6.92 Å². The predicted octanol–water partition coefficient (Wildman–Crippen LogP) is 0.539. The molecule has 0 aliphatic carbocycles. The minimum atomic E-state index is 0.644. The van der Waals surface area contributed by atoms with E-state index in [-0.39, 0.29) is 0 Å². The number of nitrogens with one attached hydrogen (secondary N) is 1. The number of hydrogen-bond acceptors (Lipinski definition) is 2. The zero-order valence-corrected chi connectivity index (χ0v) is 4.38. The van der Waals surface area contributed by atoms with Crippen LogP contribution in [0.2, 0.25) is 0 Å². The van der Waals surface area contributed by atoms with Crippen LogP contribution < -0.4 is 5.43 Å². The Hall–Kier alpha value is -0.440. The summed E-state index contributed by atoms with van der Waals surface area (Å²) >= 11 is 4.55. The molecule has 1 N–H and O–H groups in total. The van der Waals surface area contributed by atoms with Crippen molar-refractivity contribution in [1.29, 1.82) is 0 Å². The lowest BCUT2D eigenvalue weighted by Crippen LogP contribution is -2.07. The van der Waals surface area contributed by atoms with Crippen molar-refractivity contribution in [2.24, 2.45) is 5.10 Å². The Morgan fingerprint density at radius 3 is 2.50 bits per heavy atom. The van der Waals surface area contributed by atoms with Crippen LogP contribution in [-0.4, -0.2) is 11.7 Å². The molecule has 0 bridgehead atoms. The fourth-order valence-corrected chi connectivity index (χ4v) is 0.176. The van der Waals surface area contributed by atoms with Crippen LogP contribution in [-0.2, 0) is 0 Å². The fraction of sp³-hybridized carbons (Fsp3) is 0.333. The van der Waals surface area contributed by atoms with Gasteiger partial charge in [-0.25, -0.2) is 0 Å². The van der Waals surface area contributed by atoms with E-state index in [9.17, 15) is 0 Å². The van der Waals surface area contributed by atoms with E-state index in [1.54, 1.807) is 6.92 Å². The summed E-state index contributed by atoms with van der Waals surface area (Å²) in [5, 5.41) is 3.29. The van der Waals surface area contributed by atoms with Crippen LogP contribution in [0, 0.1) is 0 Å². The van der Waals surface area contributed by atoms with Crippen molar-refractivity contribution < 1.29 is 0 Å². The molecule has 0 aromatic rings. The van der Waals surface area contributed by atoms with Gasteiger partial charge in [0.2, 0.25) is 0 Å². The topological polar surface area (TPSA) is 24.4 Å². The van der Waals surface area contributed by atoms with Crippen molar-refractivity contribution >= 4 is 23.9 Å². The van der Waals surface area contributed by atoms with Gasteiger partial charge in [-0.2, -0.15) is 5.10 Å². The molecule has 0 amide bonds. The molecule has 0 aliphatic rings. The number of rotatable bonds is 1. The predicted molar refractivity (Wildman–Crippen MR) is 31.0 cm³/mol. The third-order valence-corrected chi connectivity index (χ3v) is 0.328. The highest BCUT2D eigenvalue weighted by Crippen LogP contribution is 1.61. The minimum Gasteiger partial charge on any atom is -0.273 e. The maximum atomic E-state index is 4.55. The first kappa shape index (κ1) is 5.56. The van der Waals surface area contributed by atoms with Crippen molar-refractivity contribution in [3.8, 4) is 0 Å². The molecule has 0 saturated heterocycles. The molecule has 3 heteroatoms. The zero-order valence-electron chi connectivity index (χ0n) is 3.56. The van der Waals surface area contributed by atoms with Crippen LogP contribution in [0.1, 0.15) is 6.92 Å². The summed E-state index contributed by atoms with van der Waals surface area (Å²) in [6, 6.07) is 0. The van der Waals surface area contributed by atoms with Gasteiger partial charge >= 0.3 is 0 Å². The molecule has 0 rings (SSSR count). The van der Waals surface area contributed by atoms with E-state index in [0.29, 0.717) is 4.99 Å². The summed E-state index contributed by atoms with van der Waals surface area (Å²) in [5.74, 6) is 0. The van der Waals surface area contributed by atoms with Crippen molar-refractivity contribution in [1.82, 2.24) is 5.43 Å². The van der Waals surface area contributed by atoms with Gasteiger partial charge in [0.25, 0.3) is 0 Å². The van der Waals surface area contributed by atoms with Crippen LogP contribution in [0.4, 0.5) is 0 Å². The summed E-state index contributed by atoms with van der Waals surface area (Å²) in [6.45, 7) is 4.89. The van der Waals surface area contributed by atoms with E-state index in [0.717, 1.165) is 0 Å². The van der Waals surface area contributed by atoms with E-state index in [2.05, 4.69) is 29.5 Å². The van der Waals surface area contributed by atoms with Gasteiger partial charge < -0.3 is 0 Å². The first-order valence-electron chi connectivity index (χ1n) is 1.49. The van der Waals surface area contributed by atoms with Gasteiger partial charge in [0.15, 0.2) is 0 Å². The molecule has 0 spiro atoms. The minimum absolute atomic E-state index is 0.644. The monoisotopic (exact) mass is 102 g/mol. The third-order valence-electron chi connectivity index (χ3n) is 0.237. The standard InChI is InChI=1S/C3H6N2S/c1-3(6)5-4-2/h2H2,1H3,(H,5,6). The van der Waals surface area contributed by atoms with Crippen molar-refractivity contribution in [2.75, 3.05) is 0 Å². The first-order valence-corrected chi connectivity index (χ1v) is 1.90. The van der Waals surface area contributed by atoms with E-state index in [1.165, 1.54) is 0 Å². The van der Waals surface area contributed by atoms with Crippen molar-refractivity contribution in [3.05, 3.63) is 0 Å². The number of nitrogens with zero attached hydrogens (tertiary/aromatic N) is 1. The highest BCUT2D eigenvalue weighted by Gasteiger charge is 1.70. The SMILES string of the molecule is C=NNC(C)=S. The van der Waals surface area contributed by atoms with Gasteiger partial charge in [0, 0.05) is 6.72 Å². The molecule has 0 heterocycles. The molecule has 34 valence electrons. The molecule has 0 fully saturated rings. The zero-order chi connectivity index (χ0) is 4.99. The van der Waals surface area contributed by atoms with Gasteiger partial charge in [-0.05, 0) is 6.92 Å². The lowest BCUT2D eigenvalue weighted by molar-refractivity contribution is 1.06. The Kier molecular flexibility index (Phi) is 2.58. The number of thiocarbonyl (C=S) groups is 1. The summed E-state index contributed by atoms with van der Waals surface area (Å²) in [6.07, 6.45) is 0. The van der Waals surface area contributed by atoms with Crippen LogP contribution in [0.3, 0.4) is 0 Å². The Bertz CT molecular complexity index is 69.2. The van der Waals surface area contributed by atoms with Crippen LogP contribution in [0.5, 0.6) is 0 Å². The van der Waals surface area contributed by atoms with E-state index >= 15 is 0 Å². The molecule has 0 atom stereocenters. The molecule has 0 aromatic carbocycles. The Balaban J connectivity index is 3.05. The quantitative estimate of drug-likeness (QED) is 0.297. The summed E-state index contributed by atoms with van der Waals surface area (Å²) in [4.78, 5) is 0.644. The third kappa shape index (κ3) is 3.56. The molecule has 2 nitrogen and oxygen atoms in total. The smallest absolute Gasteiger partial charge is 0.0930 e. The van der Waals surface area contributed by atoms with Crippen molar-refractivity contribution in [3.63, 3.8) is 0 Å². The molecule has 0 aromatic heterocycles. The number of hydrogen-bond donors (Lipinski definition) is 1. The largest absolute Gasteiger partial charge is 0.273 e. The first-order chi connectivity index (χ1) is 2.77.